The van der Waals surface area contributed by atoms with Crippen LogP contribution in [-0.2, 0) is 29.4 Å². The normalized spacial score (nSPS) is 19.1. The van der Waals surface area contributed by atoms with Crippen molar-refractivity contribution in [2.24, 2.45) is 5.92 Å². The highest BCUT2D eigenvalue weighted by Gasteiger charge is 2.48. The van der Waals surface area contributed by atoms with Crippen molar-refractivity contribution >= 4 is 11.9 Å². The number of aryl methyl sites for hydroxylation is 1. The topological polar surface area (TPSA) is 101 Å². The van der Waals surface area contributed by atoms with Gasteiger partial charge >= 0.3 is 11.9 Å². The van der Waals surface area contributed by atoms with Crippen molar-refractivity contribution in [3.63, 3.8) is 0 Å². The van der Waals surface area contributed by atoms with Gasteiger partial charge in [0.1, 0.15) is 40.9 Å². The van der Waals surface area contributed by atoms with Crippen LogP contribution in [0.4, 0.5) is 8.78 Å². The first-order valence-corrected chi connectivity index (χ1v) is 15.6. The van der Waals surface area contributed by atoms with Gasteiger partial charge in [-0.15, -0.1) is 0 Å². The van der Waals surface area contributed by atoms with E-state index < -0.39 is 59.8 Å². The van der Waals surface area contributed by atoms with Crippen LogP contribution < -0.4 is 9.47 Å². The molecule has 4 aromatic carbocycles. The molecule has 1 unspecified atom stereocenters. The number of rotatable bonds is 13. The first-order valence-electron chi connectivity index (χ1n) is 15.6. The highest BCUT2D eigenvalue weighted by molar-refractivity contribution is 5.76. The molecule has 1 heterocycles. The Hall–Kier alpha value is -4.80. The van der Waals surface area contributed by atoms with E-state index in [9.17, 15) is 14.0 Å². The fourth-order valence-electron chi connectivity index (χ4n) is 6.17. The summed E-state index contributed by atoms with van der Waals surface area (Å²) in [6.07, 6.45) is -3.54. The summed E-state index contributed by atoms with van der Waals surface area (Å²) >= 11 is 0. The van der Waals surface area contributed by atoms with Gasteiger partial charge in [-0.05, 0) is 59.5 Å². The summed E-state index contributed by atoms with van der Waals surface area (Å²) in [5.41, 5.74) is 1.45. The molecule has 1 aliphatic heterocycles. The third kappa shape index (κ3) is 7.19. The van der Waals surface area contributed by atoms with Gasteiger partial charge in [0.2, 0.25) is 0 Å². The summed E-state index contributed by atoms with van der Waals surface area (Å²) < 4.78 is 59.5. The Morgan fingerprint density at radius 3 is 1.92 bits per heavy atom. The monoisotopic (exact) mass is 660 g/mol. The lowest BCUT2D eigenvalue weighted by atomic mass is 9.80. The van der Waals surface area contributed by atoms with Crippen LogP contribution in [0.1, 0.15) is 53.7 Å². The van der Waals surface area contributed by atoms with Crippen LogP contribution in [0.3, 0.4) is 0 Å². The van der Waals surface area contributed by atoms with Gasteiger partial charge in [-0.2, -0.15) is 0 Å². The van der Waals surface area contributed by atoms with E-state index >= 15 is 4.39 Å². The van der Waals surface area contributed by atoms with Gasteiger partial charge in [0, 0.05) is 17.5 Å². The lowest BCUT2D eigenvalue weighted by Gasteiger charge is -2.37. The molecule has 0 amide bonds. The zero-order valence-corrected chi connectivity index (χ0v) is 27.2. The molecular weight excluding hydrogens is 622 g/mol. The third-order valence-corrected chi connectivity index (χ3v) is 8.72. The molecule has 0 bridgehead atoms. The Morgan fingerprint density at radius 1 is 0.812 bits per heavy atom. The number of halogens is 2. The SMILES string of the molecule is COc1ccc(C(OC[C@H]2O[C@@H](c3cc(C)c(F)cc3F)C(C)[C@H]2OC(=O)CCC(=O)O)(c2ccccc2)c2ccc(OC)cc2)cc1. The number of methoxy groups -OCH3 is 2. The van der Waals surface area contributed by atoms with Gasteiger partial charge in [-0.1, -0.05) is 61.5 Å². The predicted octanol–water partition coefficient (Wildman–Crippen LogP) is 7.15. The highest BCUT2D eigenvalue weighted by atomic mass is 19.1. The van der Waals surface area contributed by atoms with Crippen molar-refractivity contribution in [3.8, 4) is 11.5 Å². The maximum atomic E-state index is 15.2. The molecule has 0 aliphatic carbocycles. The van der Waals surface area contributed by atoms with Gasteiger partial charge in [0.25, 0.3) is 0 Å². The van der Waals surface area contributed by atoms with E-state index in [4.69, 9.17) is 28.8 Å². The molecule has 0 aromatic heterocycles. The summed E-state index contributed by atoms with van der Waals surface area (Å²) in [5, 5.41) is 9.12. The van der Waals surface area contributed by atoms with Crippen LogP contribution in [0.5, 0.6) is 11.5 Å². The Balaban J connectivity index is 1.58. The van der Waals surface area contributed by atoms with Crippen LogP contribution in [0.25, 0.3) is 0 Å². The number of benzene rings is 4. The molecule has 5 rings (SSSR count). The molecule has 4 aromatic rings. The molecular formula is C38H38F2O8. The van der Waals surface area contributed by atoms with Gasteiger partial charge < -0.3 is 28.8 Å². The number of esters is 1. The van der Waals surface area contributed by atoms with E-state index in [0.717, 1.165) is 22.8 Å². The lowest BCUT2D eigenvalue weighted by Crippen LogP contribution is -2.40. The fraction of sp³-hybridized carbons (Fsp3) is 0.316. The van der Waals surface area contributed by atoms with Crippen LogP contribution >= 0.6 is 0 Å². The minimum absolute atomic E-state index is 0.120. The molecule has 1 N–H and O–H groups in total. The summed E-state index contributed by atoms with van der Waals surface area (Å²) in [6, 6.07) is 26.7. The second kappa shape index (κ2) is 15.0. The average molecular weight is 661 g/mol. The summed E-state index contributed by atoms with van der Waals surface area (Å²) in [4.78, 5) is 24.0. The Labute approximate surface area is 278 Å². The van der Waals surface area contributed by atoms with E-state index in [1.165, 1.54) is 13.0 Å². The van der Waals surface area contributed by atoms with E-state index in [0.29, 0.717) is 11.5 Å². The smallest absolute Gasteiger partial charge is 0.306 e. The summed E-state index contributed by atoms with van der Waals surface area (Å²) in [6.45, 7) is 3.14. The zero-order valence-electron chi connectivity index (χ0n) is 27.2. The number of carboxylic acids is 1. The van der Waals surface area contributed by atoms with Crippen molar-refractivity contribution in [1.82, 2.24) is 0 Å². The van der Waals surface area contributed by atoms with Gasteiger partial charge in [0.05, 0.1) is 39.8 Å². The van der Waals surface area contributed by atoms with E-state index in [-0.39, 0.29) is 24.2 Å². The molecule has 8 nitrogen and oxygen atoms in total. The van der Waals surface area contributed by atoms with Crippen molar-refractivity contribution < 1.29 is 47.2 Å². The molecule has 1 fully saturated rings. The second-order valence-electron chi connectivity index (χ2n) is 11.7. The van der Waals surface area contributed by atoms with Crippen LogP contribution in [-0.4, -0.2) is 50.1 Å². The Kier molecular flexibility index (Phi) is 10.8. The van der Waals surface area contributed by atoms with E-state index in [2.05, 4.69) is 0 Å². The molecule has 0 radical (unpaired) electrons. The standard InChI is InChI=1S/C38H38F2O8/c1-23-20-30(32(40)21-31(23)39)36-24(2)37(48-35(43)19-18-34(41)42)33(47-36)22-46-38(25-8-6-5-7-9-25,26-10-14-28(44-3)15-11-26)27-12-16-29(45-4)17-13-27/h5-17,20-21,24,33,36-37H,18-19,22H2,1-4H3,(H,41,42)/t24?,33-,36-,37-/m1/s1. The van der Waals surface area contributed by atoms with Crippen molar-refractivity contribution in [1.29, 1.82) is 0 Å². The fourth-order valence-corrected chi connectivity index (χ4v) is 6.17. The molecule has 1 saturated heterocycles. The van der Waals surface area contributed by atoms with Gasteiger partial charge in [0.15, 0.2) is 0 Å². The molecule has 0 spiro atoms. The van der Waals surface area contributed by atoms with Crippen molar-refractivity contribution in [2.45, 2.75) is 50.6 Å². The van der Waals surface area contributed by atoms with Crippen LogP contribution in [0.2, 0.25) is 0 Å². The molecule has 1 aliphatic rings. The zero-order chi connectivity index (χ0) is 34.4. The third-order valence-electron chi connectivity index (χ3n) is 8.72. The summed E-state index contributed by atoms with van der Waals surface area (Å²) in [5.74, 6) is -2.66. The van der Waals surface area contributed by atoms with Crippen LogP contribution in [0, 0.1) is 24.5 Å². The highest BCUT2D eigenvalue weighted by Crippen LogP contribution is 2.45. The molecule has 252 valence electrons. The van der Waals surface area contributed by atoms with E-state index in [1.807, 2.05) is 78.9 Å². The Morgan fingerprint density at radius 2 is 1.38 bits per heavy atom. The average Bonchev–Trinajstić information content (AvgIpc) is 3.40. The summed E-state index contributed by atoms with van der Waals surface area (Å²) in [7, 11) is 3.16. The number of ether oxygens (including phenoxy) is 5. The predicted molar refractivity (Wildman–Crippen MR) is 173 cm³/mol. The van der Waals surface area contributed by atoms with Crippen molar-refractivity contribution in [3.05, 3.63) is 130 Å². The molecule has 10 heteroatoms. The number of carboxylic acid groups (broad SMARTS) is 1. The number of carbonyl (C=O) groups is 2. The first-order chi connectivity index (χ1) is 23.1. The van der Waals surface area contributed by atoms with Gasteiger partial charge in [-0.25, -0.2) is 8.78 Å². The second-order valence-corrected chi connectivity index (χ2v) is 11.7. The lowest BCUT2D eigenvalue weighted by molar-refractivity contribution is -0.158. The molecule has 48 heavy (non-hydrogen) atoms. The van der Waals surface area contributed by atoms with Crippen LogP contribution in [0.15, 0.2) is 91.0 Å². The molecule has 0 saturated carbocycles. The first kappa shape index (κ1) is 34.5. The van der Waals surface area contributed by atoms with E-state index in [1.54, 1.807) is 21.1 Å². The Bertz CT molecular complexity index is 1660. The van der Waals surface area contributed by atoms with Gasteiger partial charge in [-0.3, -0.25) is 9.59 Å². The number of hydrogen-bond donors (Lipinski definition) is 1. The maximum Gasteiger partial charge on any atom is 0.306 e. The minimum atomic E-state index is -1.22. The molecule has 4 atom stereocenters. The maximum absolute atomic E-state index is 15.2. The number of hydrogen-bond acceptors (Lipinski definition) is 7. The quantitative estimate of drug-likeness (QED) is 0.119. The number of carbonyl (C=O) groups excluding carboxylic acids is 1. The van der Waals surface area contributed by atoms with Crippen molar-refractivity contribution in [2.75, 3.05) is 20.8 Å². The number of aliphatic carboxylic acids is 1. The largest absolute Gasteiger partial charge is 0.497 e. The minimum Gasteiger partial charge on any atom is -0.497 e.